The van der Waals surface area contributed by atoms with Crippen molar-refractivity contribution >= 4 is 45.7 Å². The predicted molar refractivity (Wildman–Crippen MR) is 149 cm³/mol. The number of aliphatic carboxylic acids is 1. The van der Waals surface area contributed by atoms with E-state index < -0.39 is 41.5 Å². The fourth-order valence-electron chi connectivity index (χ4n) is 5.54. The van der Waals surface area contributed by atoms with E-state index in [2.05, 4.69) is 10.3 Å². The third-order valence-corrected chi connectivity index (χ3v) is 8.11. The molecule has 8 nitrogen and oxygen atoms in total. The van der Waals surface area contributed by atoms with Crippen molar-refractivity contribution in [1.82, 2.24) is 9.88 Å². The van der Waals surface area contributed by atoms with E-state index in [1.807, 2.05) is 0 Å². The average Bonchev–Trinajstić information content (AvgIpc) is 3.50. The largest absolute Gasteiger partial charge is 0.481 e. The summed E-state index contributed by atoms with van der Waals surface area (Å²) in [5.74, 6) is -5.84. The van der Waals surface area contributed by atoms with Gasteiger partial charge in [-0.1, -0.05) is 23.7 Å². The van der Waals surface area contributed by atoms with E-state index in [1.54, 1.807) is 18.2 Å². The number of carboxylic acids is 1. The van der Waals surface area contributed by atoms with Gasteiger partial charge in [-0.15, -0.1) is 0 Å². The zero-order valence-electron chi connectivity index (χ0n) is 22.2. The van der Waals surface area contributed by atoms with Crippen molar-refractivity contribution in [1.29, 1.82) is 0 Å². The van der Waals surface area contributed by atoms with Gasteiger partial charge < -0.3 is 15.2 Å². The summed E-state index contributed by atoms with van der Waals surface area (Å²) >= 11 is 6.43. The van der Waals surface area contributed by atoms with E-state index in [-0.39, 0.29) is 22.8 Å². The molecule has 2 aromatic carbocycles. The summed E-state index contributed by atoms with van der Waals surface area (Å²) in [6.45, 7) is 0.759. The maximum atomic E-state index is 16.4. The summed E-state index contributed by atoms with van der Waals surface area (Å²) in [6, 6.07) is 10.3. The Morgan fingerprint density at radius 1 is 1.07 bits per heavy atom. The van der Waals surface area contributed by atoms with Crippen molar-refractivity contribution in [2.75, 3.05) is 18.4 Å². The Labute approximate surface area is 240 Å². The molecule has 1 saturated heterocycles. The van der Waals surface area contributed by atoms with Crippen LogP contribution in [0.4, 0.5) is 14.5 Å². The molecule has 2 aliphatic rings. The molecule has 1 aliphatic heterocycles. The molecule has 1 atom stereocenters. The lowest BCUT2D eigenvalue weighted by molar-refractivity contribution is -0.252. The lowest BCUT2D eigenvalue weighted by atomic mass is 9.87. The summed E-state index contributed by atoms with van der Waals surface area (Å²) in [6.07, 6.45) is 3.55. The Hall–Kier alpha value is -3.47. The number of Topliss-reactive ketones (excluding diaryl/α,β-unsaturated/α-hetero) is 1. The smallest absolute Gasteiger partial charge is 0.330 e. The van der Waals surface area contributed by atoms with Crippen molar-refractivity contribution in [3.63, 3.8) is 0 Å². The zero-order valence-corrected chi connectivity index (χ0v) is 23.0. The molecule has 1 unspecified atom stereocenters. The van der Waals surface area contributed by atoms with Crippen LogP contribution in [0.3, 0.4) is 0 Å². The number of carbonyl (C=O) groups excluding carboxylic acids is 2. The number of hydrogen-bond acceptors (Lipinski definition) is 6. The fraction of sp³-hybridized carbons (Fsp3) is 0.400. The first-order valence-corrected chi connectivity index (χ1v) is 14.0. The van der Waals surface area contributed by atoms with Crippen LogP contribution in [0.2, 0.25) is 5.02 Å². The number of aromatic nitrogens is 1. The van der Waals surface area contributed by atoms with E-state index in [4.69, 9.17) is 16.3 Å². The van der Waals surface area contributed by atoms with Crippen molar-refractivity contribution in [2.24, 2.45) is 5.92 Å². The van der Waals surface area contributed by atoms with Crippen LogP contribution in [-0.2, 0) is 20.7 Å². The first-order valence-electron chi connectivity index (χ1n) is 13.7. The maximum Gasteiger partial charge on any atom is 0.330 e. The molecule has 11 heteroatoms. The molecule has 1 saturated carbocycles. The summed E-state index contributed by atoms with van der Waals surface area (Å²) in [5.41, 5.74) is 0.711. The van der Waals surface area contributed by atoms with Gasteiger partial charge in [-0.25, -0.2) is 9.29 Å². The van der Waals surface area contributed by atoms with Gasteiger partial charge in [0, 0.05) is 31.1 Å². The number of ketones is 1. The fourth-order valence-corrected chi connectivity index (χ4v) is 5.79. The Bertz CT molecular complexity index is 1470. The monoisotopic (exact) mass is 585 g/mol. The number of amides is 1. The summed E-state index contributed by atoms with van der Waals surface area (Å²) < 4.78 is 36.1. The van der Waals surface area contributed by atoms with Gasteiger partial charge in [0.05, 0.1) is 22.7 Å². The number of nitrogens with zero attached hydrogens (tertiary/aromatic N) is 2. The van der Waals surface area contributed by atoms with Gasteiger partial charge in [0.25, 0.3) is 5.91 Å². The minimum absolute atomic E-state index is 0.0275. The molecule has 0 bridgehead atoms. The Kier molecular flexibility index (Phi) is 8.63. The predicted octanol–water partition coefficient (Wildman–Crippen LogP) is 5.77. The number of alkyl halides is 1. The number of carboxylic acid groups (broad SMARTS) is 1. The van der Waals surface area contributed by atoms with Crippen LogP contribution >= 0.6 is 11.6 Å². The number of ether oxygens (including phenoxy) is 1. The highest BCUT2D eigenvalue weighted by Gasteiger charge is 2.48. The second-order valence-electron chi connectivity index (χ2n) is 10.6. The van der Waals surface area contributed by atoms with Gasteiger partial charge in [-0.2, -0.15) is 4.39 Å². The molecule has 41 heavy (non-hydrogen) atoms. The van der Waals surface area contributed by atoms with Crippen LogP contribution in [0.15, 0.2) is 48.7 Å². The average molecular weight is 586 g/mol. The third kappa shape index (κ3) is 6.39. The van der Waals surface area contributed by atoms with E-state index in [0.29, 0.717) is 55.1 Å². The molecule has 2 fully saturated rings. The molecule has 0 radical (unpaired) electrons. The number of anilines is 1. The highest BCUT2D eigenvalue weighted by molar-refractivity contribution is 6.34. The number of nitrogens with one attached hydrogen (secondary N) is 1. The quantitative estimate of drug-likeness (QED) is 0.307. The lowest BCUT2D eigenvalue weighted by Crippen LogP contribution is -2.54. The topological polar surface area (TPSA) is 109 Å². The van der Waals surface area contributed by atoms with Gasteiger partial charge in [0.15, 0.2) is 0 Å². The van der Waals surface area contributed by atoms with Gasteiger partial charge in [-0.3, -0.25) is 19.4 Å². The van der Waals surface area contributed by atoms with Gasteiger partial charge in [0.2, 0.25) is 5.78 Å². The number of carbonyl (C=O) groups is 3. The molecule has 1 aromatic heterocycles. The SMILES string of the molecule is O=C(Nc1ccc(CC(=O)C(F)(O[C@H]2CC[C@H](C(=O)O)CC2)N2CCCC2)cc1Cl)c1nccc2ccc(F)cc12. The van der Waals surface area contributed by atoms with Crippen molar-refractivity contribution in [2.45, 2.75) is 57.0 Å². The number of halogens is 3. The number of benzene rings is 2. The molecule has 2 N–H and O–H groups in total. The minimum atomic E-state index is -2.63. The zero-order chi connectivity index (χ0) is 29.1. The van der Waals surface area contributed by atoms with Crippen LogP contribution in [0, 0.1) is 11.7 Å². The Balaban J connectivity index is 1.29. The molecular formula is C30H30ClF2N3O5. The molecule has 216 valence electrons. The Morgan fingerprint density at radius 2 is 1.80 bits per heavy atom. The molecule has 5 rings (SSSR count). The van der Waals surface area contributed by atoms with Crippen LogP contribution in [0.5, 0.6) is 0 Å². The van der Waals surface area contributed by atoms with Gasteiger partial charge >= 0.3 is 11.9 Å². The second kappa shape index (κ2) is 12.2. The first kappa shape index (κ1) is 29.0. The first-order chi connectivity index (χ1) is 19.6. The summed E-state index contributed by atoms with van der Waals surface area (Å²) in [4.78, 5) is 43.2. The van der Waals surface area contributed by atoms with Crippen molar-refractivity contribution in [3.8, 4) is 0 Å². The van der Waals surface area contributed by atoms with Crippen molar-refractivity contribution in [3.05, 3.63) is 70.8 Å². The molecule has 2 heterocycles. The van der Waals surface area contributed by atoms with E-state index in [1.165, 1.54) is 35.4 Å². The van der Waals surface area contributed by atoms with Crippen LogP contribution in [-0.4, -0.2) is 57.8 Å². The van der Waals surface area contributed by atoms with Gasteiger partial charge in [0.1, 0.15) is 11.5 Å². The third-order valence-electron chi connectivity index (χ3n) is 7.79. The number of pyridine rings is 1. The van der Waals surface area contributed by atoms with E-state index >= 15 is 4.39 Å². The Morgan fingerprint density at radius 3 is 2.49 bits per heavy atom. The normalized spacial score (nSPS) is 21.0. The minimum Gasteiger partial charge on any atom is -0.481 e. The highest BCUT2D eigenvalue weighted by atomic mass is 35.5. The molecule has 1 aliphatic carbocycles. The van der Waals surface area contributed by atoms with E-state index in [9.17, 15) is 23.9 Å². The van der Waals surface area contributed by atoms with Crippen molar-refractivity contribution < 1.29 is 33.0 Å². The highest BCUT2D eigenvalue weighted by Crippen LogP contribution is 2.35. The molecular weight excluding hydrogens is 556 g/mol. The lowest BCUT2D eigenvalue weighted by Gasteiger charge is -2.37. The number of rotatable bonds is 9. The molecule has 0 spiro atoms. The number of hydrogen-bond donors (Lipinski definition) is 2. The van der Waals surface area contributed by atoms with Crippen LogP contribution in [0.1, 0.15) is 54.6 Å². The number of fused-ring (bicyclic) bond motifs is 1. The summed E-state index contributed by atoms with van der Waals surface area (Å²) in [5, 5.41) is 13.1. The van der Waals surface area contributed by atoms with Crippen LogP contribution < -0.4 is 5.32 Å². The maximum absolute atomic E-state index is 16.4. The number of likely N-dealkylation sites (tertiary alicyclic amines) is 1. The molecule has 3 aromatic rings. The van der Waals surface area contributed by atoms with Crippen LogP contribution in [0.25, 0.3) is 10.8 Å². The summed E-state index contributed by atoms with van der Waals surface area (Å²) in [7, 11) is 0. The second-order valence-corrected chi connectivity index (χ2v) is 11.0. The molecule has 1 amide bonds. The standard InChI is InChI=1S/C30H30ClF2N3O5/c31-24-15-18(3-10-25(24)35-28(38)27-23-17-21(32)7-4-19(23)11-12-34-27)16-26(37)30(33,36-13-1-2-14-36)41-22-8-5-20(6-9-22)29(39)40/h3-4,7,10-12,15,17,20,22H,1-2,5-6,8-9,13-14,16H2,(H,35,38)(H,39,40)/t20-,22-,30?. The van der Waals surface area contributed by atoms with Gasteiger partial charge in [-0.05, 0) is 79.8 Å². The van der Waals surface area contributed by atoms with E-state index in [0.717, 1.165) is 12.8 Å².